The number of hydrogen-bond acceptors (Lipinski definition) is 6. The van der Waals surface area contributed by atoms with Crippen LogP contribution in [-0.4, -0.2) is 33.0 Å². The van der Waals surface area contributed by atoms with Gasteiger partial charge in [-0.2, -0.15) is 4.98 Å². The van der Waals surface area contributed by atoms with Crippen molar-refractivity contribution in [3.8, 4) is 5.75 Å². The van der Waals surface area contributed by atoms with E-state index in [0.717, 1.165) is 46.7 Å². The van der Waals surface area contributed by atoms with Crippen molar-refractivity contribution in [1.29, 1.82) is 0 Å². The number of nitrogens with two attached hydrogens (primary N) is 1. The number of fused-ring (bicyclic) bond motifs is 2. The minimum Gasteiger partial charge on any atom is -0.496 e. The Bertz CT molecular complexity index is 1410. The number of nitrogen functional groups attached to an aromatic ring is 1. The smallest absolute Gasteiger partial charge is 0.260 e. The van der Waals surface area contributed by atoms with Crippen molar-refractivity contribution in [3.63, 3.8) is 0 Å². The molecule has 3 aromatic rings. The lowest BCUT2D eigenvalue weighted by Crippen LogP contribution is -2.27. The third-order valence-electron chi connectivity index (χ3n) is 6.12. The number of carbonyl (C=O) groups excluding carboxylic acids is 1. The molecule has 5 rings (SSSR count). The summed E-state index contributed by atoms with van der Waals surface area (Å²) in [4.78, 5) is 31.5. The minimum atomic E-state index is -0.272. The largest absolute Gasteiger partial charge is 0.496 e. The summed E-state index contributed by atoms with van der Waals surface area (Å²) < 4.78 is 5.52. The normalized spacial score (nSPS) is 16.0. The van der Waals surface area contributed by atoms with Gasteiger partial charge in [-0.05, 0) is 38.8 Å². The van der Waals surface area contributed by atoms with Gasteiger partial charge in [0.05, 0.1) is 30.5 Å². The Labute approximate surface area is 206 Å². The molecule has 0 unspecified atom stereocenters. The van der Waals surface area contributed by atoms with E-state index in [2.05, 4.69) is 19.9 Å². The Morgan fingerprint density at radius 3 is 2.82 bits per heavy atom. The van der Waals surface area contributed by atoms with E-state index in [0.29, 0.717) is 27.7 Å². The number of aryl methyl sites for hydroxylation is 2. The van der Waals surface area contributed by atoms with E-state index in [1.807, 2.05) is 26.0 Å². The van der Waals surface area contributed by atoms with Crippen molar-refractivity contribution in [3.05, 3.63) is 62.8 Å². The second-order valence-corrected chi connectivity index (χ2v) is 9.04. The zero-order valence-corrected chi connectivity index (χ0v) is 20.4. The standard InChI is InChI=1S/C24H22Cl2N6O2/c1-11-9-28-18(12(2)20(11)34-3)10-32-22-19(21(26)30-24(27)31-22)15(23(32)33)8-13-7-14-16(25)5-4-6-17(14)29-13/h5,7-9,29H,4,6,10H2,1-3H3,(H2,27,30,31)/b15-8-. The number of anilines is 2. The molecule has 1 aliphatic carbocycles. The Hall–Kier alpha value is -3.36. The van der Waals surface area contributed by atoms with Crippen LogP contribution in [0.25, 0.3) is 16.7 Å². The van der Waals surface area contributed by atoms with Gasteiger partial charge in [0.15, 0.2) is 5.82 Å². The van der Waals surface area contributed by atoms with Gasteiger partial charge in [-0.25, -0.2) is 4.98 Å². The lowest BCUT2D eigenvalue weighted by atomic mass is 10.1. The van der Waals surface area contributed by atoms with Crippen molar-refractivity contribution in [1.82, 2.24) is 19.9 Å². The van der Waals surface area contributed by atoms with Gasteiger partial charge in [-0.3, -0.25) is 14.7 Å². The molecule has 3 N–H and O–H groups in total. The molecular formula is C24H22Cl2N6O2. The van der Waals surface area contributed by atoms with Crippen molar-refractivity contribution < 1.29 is 9.53 Å². The van der Waals surface area contributed by atoms with Crippen LogP contribution in [-0.2, 0) is 17.8 Å². The molecule has 1 aliphatic heterocycles. The second kappa shape index (κ2) is 8.45. The van der Waals surface area contributed by atoms with E-state index >= 15 is 0 Å². The van der Waals surface area contributed by atoms with Crippen LogP contribution in [0.15, 0.2) is 18.3 Å². The number of nitrogens with zero attached hydrogens (tertiary/aromatic N) is 4. The summed E-state index contributed by atoms with van der Waals surface area (Å²) in [6.45, 7) is 4.01. The Kier molecular flexibility index (Phi) is 5.58. The molecule has 0 aromatic carbocycles. The number of hydrogen-bond donors (Lipinski definition) is 2. The van der Waals surface area contributed by atoms with E-state index in [-0.39, 0.29) is 23.6 Å². The number of H-pyrrole nitrogens is 1. The van der Waals surface area contributed by atoms with E-state index in [9.17, 15) is 4.79 Å². The lowest BCUT2D eigenvalue weighted by molar-refractivity contribution is -0.113. The van der Waals surface area contributed by atoms with E-state index in [4.69, 9.17) is 33.7 Å². The maximum atomic E-state index is 13.7. The highest BCUT2D eigenvalue weighted by atomic mass is 35.5. The molecule has 0 bridgehead atoms. The molecule has 34 heavy (non-hydrogen) atoms. The molecule has 0 fully saturated rings. The van der Waals surface area contributed by atoms with Crippen LogP contribution in [0, 0.1) is 13.8 Å². The summed E-state index contributed by atoms with van der Waals surface area (Å²) in [5.74, 6) is 0.798. The number of methoxy groups -OCH3 is 1. The van der Waals surface area contributed by atoms with Crippen molar-refractivity contribution in [2.45, 2.75) is 33.2 Å². The van der Waals surface area contributed by atoms with Crippen LogP contribution < -0.4 is 15.4 Å². The molecule has 10 heteroatoms. The molecule has 0 radical (unpaired) electrons. The number of nitrogens with one attached hydrogen (secondary N) is 1. The Balaban J connectivity index is 1.60. The monoisotopic (exact) mass is 496 g/mol. The highest BCUT2D eigenvalue weighted by Gasteiger charge is 2.37. The molecular weight excluding hydrogens is 475 g/mol. The molecule has 2 aliphatic rings. The first-order valence-electron chi connectivity index (χ1n) is 10.7. The zero-order valence-electron chi connectivity index (χ0n) is 18.9. The van der Waals surface area contributed by atoms with E-state index in [1.165, 1.54) is 4.90 Å². The van der Waals surface area contributed by atoms with E-state index in [1.54, 1.807) is 19.4 Å². The SMILES string of the molecule is COc1c(C)cnc(CN2C(=O)/C(=C\c3cc4c([nH]3)CCC=C4Cl)c3c(Cl)nc(N)nc32)c1C. The van der Waals surface area contributed by atoms with Gasteiger partial charge in [0, 0.05) is 39.3 Å². The molecule has 0 saturated carbocycles. The zero-order chi connectivity index (χ0) is 24.1. The first-order valence-corrected chi connectivity index (χ1v) is 11.5. The summed E-state index contributed by atoms with van der Waals surface area (Å²) >= 11 is 12.8. The number of ether oxygens (including phenoxy) is 1. The number of pyridine rings is 1. The molecule has 1 amide bonds. The number of amides is 1. The number of rotatable bonds is 4. The van der Waals surface area contributed by atoms with Crippen LogP contribution >= 0.6 is 23.2 Å². The highest BCUT2D eigenvalue weighted by molar-refractivity contribution is 6.49. The van der Waals surface area contributed by atoms with Gasteiger partial charge in [0.1, 0.15) is 10.9 Å². The average molecular weight is 497 g/mol. The van der Waals surface area contributed by atoms with Crippen LogP contribution in [0.2, 0.25) is 5.15 Å². The third-order valence-corrected chi connectivity index (χ3v) is 6.75. The first kappa shape index (κ1) is 22.4. The van der Waals surface area contributed by atoms with Gasteiger partial charge < -0.3 is 15.5 Å². The summed E-state index contributed by atoms with van der Waals surface area (Å²) in [7, 11) is 1.61. The number of allylic oxidation sites excluding steroid dienone is 1. The molecule has 3 aromatic heterocycles. The predicted molar refractivity (Wildman–Crippen MR) is 134 cm³/mol. The lowest BCUT2D eigenvalue weighted by Gasteiger charge is -2.19. The maximum Gasteiger partial charge on any atom is 0.260 e. The number of halogens is 2. The highest BCUT2D eigenvalue weighted by Crippen LogP contribution is 2.42. The van der Waals surface area contributed by atoms with Crippen LogP contribution in [0.3, 0.4) is 0 Å². The van der Waals surface area contributed by atoms with Crippen LogP contribution in [0.5, 0.6) is 5.75 Å². The van der Waals surface area contributed by atoms with Crippen LogP contribution in [0.4, 0.5) is 11.8 Å². The fraction of sp³-hybridized carbons (Fsp3) is 0.250. The third kappa shape index (κ3) is 3.63. The number of aromatic amines is 1. The Morgan fingerprint density at radius 2 is 2.09 bits per heavy atom. The van der Waals surface area contributed by atoms with Gasteiger partial charge in [-0.1, -0.05) is 29.3 Å². The fourth-order valence-electron chi connectivity index (χ4n) is 4.49. The minimum absolute atomic E-state index is 0.0128. The van der Waals surface area contributed by atoms with Crippen molar-refractivity contribution in [2.24, 2.45) is 0 Å². The average Bonchev–Trinajstić information content (AvgIpc) is 3.31. The quantitative estimate of drug-likeness (QED) is 0.400. The molecule has 0 spiro atoms. The van der Waals surface area contributed by atoms with Gasteiger partial charge in [0.2, 0.25) is 5.95 Å². The van der Waals surface area contributed by atoms with Gasteiger partial charge in [-0.15, -0.1) is 0 Å². The molecule has 174 valence electrons. The van der Waals surface area contributed by atoms with Gasteiger partial charge in [0.25, 0.3) is 5.91 Å². The molecule has 0 atom stereocenters. The van der Waals surface area contributed by atoms with Crippen LogP contribution in [0.1, 0.15) is 45.8 Å². The number of carbonyl (C=O) groups is 1. The van der Waals surface area contributed by atoms with Crippen molar-refractivity contribution in [2.75, 3.05) is 17.7 Å². The van der Waals surface area contributed by atoms with Gasteiger partial charge >= 0.3 is 0 Å². The van der Waals surface area contributed by atoms with E-state index < -0.39 is 0 Å². The second-order valence-electron chi connectivity index (χ2n) is 8.27. The predicted octanol–water partition coefficient (Wildman–Crippen LogP) is 4.67. The Morgan fingerprint density at radius 1 is 1.29 bits per heavy atom. The molecule has 8 nitrogen and oxygen atoms in total. The number of aromatic nitrogens is 4. The first-order chi connectivity index (χ1) is 16.3. The van der Waals surface area contributed by atoms with Crippen molar-refractivity contribution >= 4 is 57.6 Å². The summed E-state index contributed by atoms with van der Waals surface area (Å²) in [6.07, 6.45) is 7.19. The maximum absolute atomic E-state index is 13.7. The topological polar surface area (TPSA) is 110 Å². The summed E-state index contributed by atoms with van der Waals surface area (Å²) in [5.41, 5.74) is 11.9. The molecule has 0 saturated heterocycles. The molecule has 4 heterocycles. The fourth-order valence-corrected chi connectivity index (χ4v) is 5.04. The summed E-state index contributed by atoms with van der Waals surface area (Å²) in [5, 5.41) is 0.816. The summed E-state index contributed by atoms with van der Waals surface area (Å²) in [6, 6.07) is 1.93.